The molecule has 2 nitrogen and oxygen atoms in total. The van der Waals surface area contributed by atoms with Crippen molar-refractivity contribution in [3.05, 3.63) is 63.9 Å². The van der Waals surface area contributed by atoms with Crippen LogP contribution < -0.4 is 0 Å². The highest BCUT2D eigenvalue weighted by molar-refractivity contribution is 6.30. The Morgan fingerprint density at radius 1 is 1.17 bits per heavy atom. The first-order valence-corrected chi connectivity index (χ1v) is 9.04. The van der Waals surface area contributed by atoms with Gasteiger partial charge in [0.2, 0.25) is 0 Å². The third-order valence-corrected chi connectivity index (χ3v) is 5.85. The Bertz CT molecular complexity index is 753. The predicted molar refractivity (Wildman–Crippen MR) is 95.5 cm³/mol. The first-order chi connectivity index (χ1) is 11.6. The van der Waals surface area contributed by atoms with Gasteiger partial charge in [-0.05, 0) is 67.6 Å². The number of halogens is 2. The second-order valence-corrected chi connectivity index (χ2v) is 7.60. The summed E-state index contributed by atoms with van der Waals surface area (Å²) in [6, 6.07) is 9.97. The van der Waals surface area contributed by atoms with Crippen molar-refractivity contribution in [1.29, 1.82) is 0 Å². The van der Waals surface area contributed by atoms with Gasteiger partial charge in [-0.15, -0.1) is 0 Å². The van der Waals surface area contributed by atoms with Crippen molar-refractivity contribution in [2.75, 3.05) is 20.1 Å². The highest BCUT2D eigenvalue weighted by Gasteiger charge is 2.45. The van der Waals surface area contributed by atoms with Gasteiger partial charge in [-0.3, -0.25) is 4.98 Å². The lowest BCUT2D eigenvalue weighted by atomic mass is 9.74. The molecule has 1 fully saturated rings. The first kappa shape index (κ1) is 16.0. The molecule has 1 aromatic heterocycles. The molecular weight excluding hydrogens is 323 g/mol. The van der Waals surface area contributed by atoms with Crippen molar-refractivity contribution in [1.82, 2.24) is 9.88 Å². The van der Waals surface area contributed by atoms with E-state index in [4.69, 9.17) is 11.6 Å². The smallest absolute Gasteiger partial charge is 0.125 e. The maximum Gasteiger partial charge on any atom is 0.125 e. The van der Waals surface area contributed by atoms with E-state index < -0.39 is 5.67 Å². The number of fused-ring (bicyclic) bond motifs is 2. The summed E-state index contributed by atoms with van der Waals surface area (Å²) in [7, 11) is 2.06. The zero-order valence-corrected chi connectivity index (χ0v) is 14.7. The molecule has 0 bridgehead atoms. The van der Waals surface area contributed by atoms with Crippen molar-refractivity contribution in [3.63, 3.8) is 0 Å². The summed E-state index contributed by atoms with van der Waals surface area (Å²) in [6.07, 6.45) is 4.67. The molecule has 1 aliphatic heterocycles. The fourth-order valence-electron chi connectivity index (χ4n) is 4.21. The molecule has 0 spiro atoms. The lowest BCUT2D eigenvalue weighted by molar-refractivity contribution is 0.0529. The zero-order valence-electron chi connectivity index (χ0n) is 13.9. The molecule has 0 saturated carbocycles. The topological polar surface area (TPSA) is 16.1 Å². The highest BCUT2D eigenvalue weighted by atomic mass is 35.5. The first-order valence-electron chi connectivity index (χ1n) is 8.66. The van der Waals surface area contributed by atoms with Crippen LogP contribution >= 0.6 is 11.6 Å². The summed E-state index contributed by atoms with van der Waals surface area (Å²) in [5.41, 5.74) is 3.09. The Hall–Kier alpha value is -1.45. The maximum absolute atomic E-state index is 16.2. The molecule has 126 valence electrons. The summed E-state index contributed by atoms with van der Waals surface area (Å²) in [4.78, 5) is 6.84. The molecule has 1 unspecified atom stereocenters. The van der Waals surface area contributed by atoms with E-state index in [0.29, 0.717) is 12.8 Å². The Labute approximate surface area is 147 Å². The number of benzene rings is 1. The van der Waals surface area contributed by atoms with Crippen LogP contribution in [-0.4, -0.2) is 35.7 Å². The molecule has 0 amide bonds. The van der Waals surface area contributed by atoms with Crippen molar-refractivity contribution < 1.29 is 4.39 Å². The van der Waals surface area contributed by atoms with E-state index in [-0.39, 0.29) is 5.92 Å². The average molecular weight is 345 g/mol. The Morgan fingerprint density at radius 2 is 1.92 bits per heavy atom. The van der Waals surface area contributed by atoms with Gasteiger partial charge in [-0.25, -0.2) is 4.39 Å². The van der Waals surface area contributed by atoms with E-state index in [1.807, 2.05) is 24.3 Å². The molecule has 4 rings (SSSR count). The lowest BCUT2D eigenvalue weighted by Crippen LogP contribution is -2.44. The fraction of sp³-hybridized carbons (Fsp3) is 0.450. The molecule has 4 heteroatoms. The Balaban J connectivity index is 1.87. The van der Waals surface area contributed by atoms with Crippen LogP contribution in [0, 0.1) is 0 Å². The number of nitrogens with zero attached hydrogens (tertiary/aromatic N) is 2. The van der Waals surface area contributed by atoms with Crippen LogP contribution in [0.3, 0.4) is 0 Å². The van der Waals surface area contributed by atoms with Gasteiger partial charge >= 0.3 is 0 Å². The highest BCUT2D eigenvalue weighted by Crippen LogP contribution is 2.47. The number of hydrogen-bond donors (Lipinski definition) is 0. The van der Waals surface area contributed by atoms with Crippen LogP contribution in [0.15, 0.2) is 36.5 Å². The van der Waals surface area contributed by atoms with Crippen LogP contribution in [0.25, 0.3) is 0 Å². The summed E-state index contributed by atoms with van der Waals surface area (Å²) >= 11 is 6.21. The maximum atomic E-state index is 16.2. The zero-order chi connectivity index (χ0) is 16.7. The monoisotopic (exact) mass is 344 g/mol. The molecule has 0 N–H and O–H groups in total. The fourth-order valence-corrected chi connectivity index (χ4v) is 4.41. The van der Waals surface area contributed by atoms with E-state index in [1.165, 1.54) is 11.1 Å². The van der Waals surface area contributed by atoms with Crippen molar-refractivity contribution in [3.8, 4) is 0 Å². The van der Waals surface area contributed by atoms with Crippen LogP contribution in [0.4, 0.5) is 4.39 Å². The van der Waals surface area contributed by atoms with Gasteiger partial charge in [0, 0.05) is 24.3 Å². The van der Waals surface area contributed by atoms with Gasteiger partial charge in [0.25, 0.3) is 0 Å². The third kappa shape index (κ3) is 2.74. The van der Waals surface area contributed by atoms with Gasteiger partial charge in [-0.2, -0.15) is 0 Å². The third-order valence-electron chi connectivity index (χ3n) is 5.61. The second-order valence-electron chi connectivity index (χ2n) is 7.16. The Morgan fingerprint density at radius 3 is 2.71 bits per heavy atom. The molecule has 24 heavy (non-hydrogen) atoms. The average Bonchev–Trinajstić information content (AvgIpc) is 2.75. The van der Waals surface area contributed by atoms with Crippen LogP contribution in [0.2, 0.25) is 5.02 Å². The molecule has 2 heterocycles. The number of pyridine rings is 1. The van der Waals surface area contributed by atoms with Crippen LogP contribution in [0.5, 0.6) is 0 Å². The van der Waals surface area contributed by atoms with Gasteiger partial charge in [0.1, 0.15) is 5.67 Å². The van der Waals surface area contributed by atoms with E-state index in [2.05, 4.69) is 23.0 Å². The number of aryl methyl sites for hydroxylation is 2. The number of alkyl halides is 1. The van der Waals surface area contributed by atoms with E-state index >= 15 is 4.39 Å². The minimum atomic E-state index is -1.25. The number of likely N-dealkylation sites (tertiary alicyclic amines) is 1. The van der Waals surface area contributed by atoms with Crippen LogP contribution in [-0.2, 0) is 12.8 Å². The molecule has 1 aromatic carbocycles. The van der Waals surface area contributed by atoms with Gasteiger partial charge in [-0.1, -0.05) is 23.7 Å². The van der Waals surface area contributed by atoms with Gasteiger partial charge in [0.05, 0.1) is 11.6 Å². The molecule has 1 aliphatic carbocycles. The second kappa shape index (κ2) is 6.12. The summed E-state index contributed by atoms with van der Waals surface area (Å²) in [5.74, 6) is -0.294. The summed E-state index contributed by atoms with van der Waals surface area (Å²) in [5, 5.41) is 0.725. The van der Waals surface area contributed by atoms with E-state index in [9.17, 15) is 0 Å². The van der Waals surface area contributed by atoms with Crippen molar-refractivity contribution >= 4 is 11.6 Å². The van der Waals surface area contributed by atoms with E-state index in [0.717, 1.165) is 42.2 Å². The van der Waals surface area contributed by atoms with Gasteiger partial charge < -0.3 is 4.90 Å². The predicted octanol–water partition coefficient (Wildman–Crippen LogP) is 4.40. The largest absolute Gasteiger partial charge is 0.306 e. The van der Waals surface area contributed by atoms with Crippen molar-refractivity contribution in [2.45, 2.75) is 37.3 Å². The van der Waals surface area contributed by atoms with Crippen LogP contribution in [0.1, 0.15) is 41.1 Å². The standard InChI is InChI=1S/C20H22ClFN2/c1-24-11-8-20(22,9-12-24)18-17-7-6-16(21)13-15(17)5-4-14-3-2-10-23-19(14)18/h2-3,6-7,10,13,18H,4-5,8-9,11-12H2,1H3. The number of piperidine rings is 1. The molecule has 1 saturated heterocycles. The number of aromatic nitrogens is 1. The minimum absolute atomic E-state index is 0.294. The molecular formula is C20H22ClFN2. The number of rotatable bonds is 1. The van der Waals surface area contributed by atoms with Gasteiger partial charge in [0.15, 0.2) is 0 Å². The molecule has 1 atom stereocenters. The van der Waals surface area contributed by atoms with Crippen molar-refractivity contribution in [2.24, 2.45) is 0 Å². The number of hydrogen-bond acceptors (Lipinski definition) is 2. The quantitative estimate of drug-likeness (QED) is 0.762. The minimum Gasteiger partial charge on any atom is -0.306 e. The van der Waals surface area contributed by atoms with E-state index in [1.54, 1.807) is 6.20 Å². The lowest BCUT2D eigenvalue weighted by Gasteiger charge is -2.40. The SMILES string of the molecule is CN1CCC(F)(C2c3ccc(Cl)cc3CCc3cccnc32)CC1. The normalized spacial score (nSPS) is 23.2. The summed E-state index contributed by atoms with van der Waals surface area (Å²) in [6.45, 7) is 1.58. The summed E-state index contributed by atoms with van der Waals surface area (Å²) < 4.78 is 16.2. The molecule has 2 aromatic rings. The Kier molecular flexibility index (Phi) is 4.09. The molecule has 0 radical (unpaired) electrons. The molecule has 2 aliphatic rings.